The molecule has 0 saturated heterocycles. The van der Waals surface area contributed by atoms with Gasteiger partial charge < -0.3 is 14.8 Å². The van der Waals surface area contributed by atoms with Crippen LogP contribution in [0.1, 0.15) is 0 Å². The number of benzene rings is 2. The second-order valence-corrected chi connectivity index (χ2v) is 7.43. The topological polar surface area (TPSA) is 69.2 Å². The molecule has 1 N–H and O–H groups in total. The van der Waals surface area contributed by atoms with Crippen LogP contribution in [0.4, 0.5) is 10.8 Å². The first kappa shape index (κ1) is 19.2. The van der Waals surface area contributed by atoms with Crippen LogP contribution in [0.3, 0.4) is 0 Å². The standard InChI is InChI=1S/C21H17ClN4O2S/c1-27-15-11-16(19(18(12-15)28-2)17-5-3-4-10-23-17)20-25-26-21(29-20)24-14-8-6-13(22)7-9-14/h3-12H,1-2H3,(H,24,26). The van der Waals surface area contributed by atoms with E-state index in [0.29, 0.717) is 21.7 Å². The Kier molecular flexibility index (Phi) is 5.59. The normalized spacial score (nSPS) is 10.6. The number of ether oxygens (including phenoxy) is 2. The number of anilines is 2. The van der Waals surface area contributed by atoms with Gasteiger partial charge in [0.05, 0.1) is 25.5 Å². The van der Waals surface area contributed by atoms with Gasteiger partial charge in [-0.2, -0.15) is 0 Å². The largest absolute Gasteiger partial charge is 0.497 e. The lowest BCUT2D eigenvalue weighted by Gasteiger charge is -2.14. The van der Waals surface area contributed by atoms with E-state index in [2.05, 4.69) is 20.5 Å². The Hall–Kier alpha value is -3.16. The van der Waals surface area contributed by atoms with Crippen LogP contribution in [0.25, 0.3) is 21.8 Å². The number of nitrogens with one attached hydrogen (secondary N) is 1. The first-order chi connectivity index (χ1) is 14.2. The molecule has 2 heterocycles. The quantitative estimate of drug-likeness (QED) is 0.429. The molecule has 146 valence electrons. The highest BCUT2D eigenvalue weighted by atomic mass is 35.5. The average Bonchev–Trinajstić information content (AvgIpc) is 3.23. The van der Waals surface area contributed by atoms with Crippen LogP contribution >= 0.6 is 22.9 Å². The fraction of sp³-hybridized carbons (Fsp3) is 0.0952. The molecular formula is C21H17ClN4O2S. The van der Waals surface area contributed by atoms with Crippen molar-refractivity contribution in [1.82, 2.24) is 15.2 Å². The minimum Gasteiger partial charge on any atom is -0.497 e. The number of rotatable bonds is 6. The van der Waals surface area contributed by atoms with Gasteiger partial charge in [0.25, 0.3) is 0 Å². The molecule has 0 aliphatic carbocycles. The van der Waals surface area contributed by atoms with Gasteiger partial charge in [-0.3, -0.25) is 4.98 Å². The molecule has 2 aromatic heterocycles. The van der Waals surface area contributed by atoms with E-state index in [1.165, 1.54) is 11.3 Å². The SMILES string of the molecule is COc1cc(OC)c(-c2ccccn2)c(-c2nnc(Nc3ccc(Cl)cc3)s2)c1. The van der Waals surface area contributed by atoms with E-state index >= 15 is 0 Å². The lowest BCUT2D eigenvalue weighted by Crippen LogP contribution is -1.95. The van der Waals surface area contributed by atoms with E-state index in [-0.39, 0.29) is 0 Å². The van der Waals surface area contributed by atoms with Gasteiger partial charge in [0.1, 0.15) is 16.5 Å². The molecule has 0 radical (unpaired) electrons. The molecule has 6 nitrogen and oxygen atoms in total. The highest BCUT2D eigenvalue weighted by Crippen LogP contribution is 2.43. The second kappa shape index (κ2) is 8.46. The molecular weight excluding hydrogens is 408 g/mol. The summed E-state index contributed by atoms with van der Waals surface area (Å²) >= 11 is 7.38. The van der Waals surface area contributed by atoms with Gasteiger partial charge in [-0.05, 0) is 42.5 Å². The molecule has 4 aromatic rings. The molecule has 4 rings (SSSR count). The van der Waals surface area contributed by atoms with Crippen molar-refractivity contribution in [2.45, 2.75) is 0 Å². The Balaban J connectivity index is 1.78. The summed E-state index contributed by atoms with van der Waals surface area (Å²) in [6, 6.07) is 16.9. The summed E-state index contributed by atoms with van der Waals surface area (Å²) in [6.45, 7) is 0. The first-order valence-electron chi connectivity index (χ1n) is 8.72. The van der Waals surface area contributed by atoms with Crippen LogP contribution in [0.15, 0.2) is 60.8 Å². The third kappa shape index (κ3) is 4.16. The van der Waals surface area contributed by atoms with Crippen molar-refractivity contribution in [1.29, 1.82) is 0 Å². The van der Waals surface area contributed by atoms with Crippen molar-refractivity contribution in [3.05, 3.63) is 65.8 Å². The summed E-state index contributed by atoms with van der Waals surface area (Å²) in [6.07, 6.45) is 1.75. The van der Waals surface area contributed by atoms with Crippen LogP contribution < -0.4 is 14.8 Å². The first-order valence-corrected chi connectivity index (χ1v) is 9.91. The molecule has 0 spiro atoms. The highest BCUT2D eigenvalue weighted by molar-refractivity contribution is 7.18. The van der Waals surface area contributed by atoms with Gasteiger partial charge in [0.15, 0.2) is 0 Å². The van der Waals surface area contributed by atoms with E-state index in [9.17, 15) is 0 Å². The van der Waals surface area contributed by atoms with Gasteiger partial charge in [-0.1, -0.05) is 29.0 Å². The number of halogens is 1. The monoisotopic (exact) mass is 424 g/mol. The third-order valence-electron chi connectivity index (χ3n) is 4.20. The smallest absolute Gasteiger partial charge is 0.210 e. The maximum Gasteiger partial charge on any atom is 0.210 e. The Morgan fingerprint density at radius 3 is 2.48 bits per heavy atom. The third-order valence-corrected chi connectivity index (χ3v) is 5.33. The lowest BCUT2D eigenvalue weighted by molar-refractivity contribution is 0.395. The van der Waals surface area contributed by atoms with Gasteiger partial charge in [-0.15, -0.1) is 10.2 Å². The summed E-state index contributed by atoms with van der Waals surface area (Å²) in [4.78, 5) is 4.49. The molecule has 0 atom stereocenters. The molecule has 2 aromatic carbocycles. The number of pyridine rings is 1. The van der Waals surface area contributed by atoms with Crippen LogP contribution in [-0.4, -0.2) is 29.4 Å². The minimum absolute atomic E-state index is 0.653. The molecule has 8 heteroatoms. The molecule has 0 amide bonds. The molecule has 29 heavy (non-hydrogen) atoms. The molecule has 0 unspecified atom stereocenters. The summed E-state index contributed by atoms with van der Waals surface area (Å²) in [7, 11) is 3.24. The zero-order valence-electron chi connectivity index (χ0n) is 15.7. The Morgan fingerprint density at radius 1 is 0.966 bits per heavy atom. The number of methoxy groups -OCH3 is 2. The second-order valence-electron chi connectivity index (χ2n) is 6.01. The summed E-state index contributed by atoms with van der Waals surface area (Å²) < 4.78 is 11.1. The lowest BCUT2D eigenvalue weighted by atomic mass is 10.0. The zero-order chi connectivity index (χ0) is 20.2. The number of aromatic nitrogens is 3. The fourth-order valence-electron chi connectivity index (χ4n) is 2.85. The van der Waals surface area contributed by atoms with Gasteiger partial charge in [-0.25, -0.2) is 0 Å². The van der Waals surface area contributed by atoms with E-state index in [1.807, 2.05) is 54.6 Å². The fourth-order valence-corrected chi connectivity index (χ4v) is 3.76. The van der Waals surface area contributed by atoms with Crippen molar-refractivity contribution < 1.29 is 9.47 Å². The van der Waals surface area contributed by atoms with Crippen molar-refractivity contribution >= 4 is 33.8 Å². The maximum atomic E-state index is 5.95. The zero-order valence-corrected chi connectivity index (χ0v) is 17.3. The van der Waals surface area contributed by atoms with Crippen LogP contribution in [-0.2, 0) is 0 Å². The molecule has 0 bridgehead atoms. The number of nitrogens with zero attached hydrogens (tertiary/aromatic N) is 3. The van der Waals surface area contributed by atoms with Gasteiger partial charge >= 0.3 is 0 Å². The van der Waals surface area contributed by atoms with Crippen LogP contribution in [0, 0.1) is 0 Å². The van der Waals surface area contributed by atoms with Crippen molar-refractivity contribution in [2.24, 2.45) is 0 Å². The van der Waals surface area contributed by atoms with Crippen LogP contribution in [0.5, 0.6) is 11.5 Å². The van der Waals surface area contributed by atoms with Crippen molar-refractivity contribution in [3.8, 4) is 33.3 Å². The Morgan fingerprint density at radius 2 is 1.79 bits per heavy atom. The minimum atomic E-state index is 0.653. The summed E-state index contributed by atoms with van der Waals surface area (Å²) in [5.41, 5.74) is 3.33. The van der Waals surface area contributed by atoms with Crippen molar-refractivity contribution in [2.75, 3.05) is 19.5 Å². The van der Waals surface area contributed by atoms with E-state index in [4.69, 9.17) is 21.1 Å². The Labute approximate surface area is 177 Å². The number of hydrogen-bond donors (Lipinski definition) is 1. The molecule has 0 saturated carbocycles. The molecule has 0 aliphatic heterocycles. The maximum absolute atomic E-state index is 5.95. The predicted octanol–water partition coefficient (Wildman–Crippen LogP) is 5.68. The molecule has 0 aliphatic rings. The van der Waals surface area contributed by atoms with E-state index < -0.39 is 0 Å². The van der Waals surface area contributed by atoms with E-state index in [1.54, 1.807) is 20.4 Å². The van der Waals surface area contributed by atoms with Crippen LogP contribution in [0.2, 0.25) is 5.02 Å². The van der Waals surface area contributed by atoms with Gasteiger partial charge in [0.2, 0.25) is 5.13 Å². The van der Waals surface area contributed by atoms with Crippen molar-refractivity contribution in [3.63, 3.8) is 0 Å². The van der Waals surface area contributed by atoms with Gasteiger partial charge in [0, 0.05) is 28.5 Å². The highest BCUT2D eigenvalue weighted by Gasteiger charge is 2.20. The Bertz CT molecular complexity index is 1120. The molecule has 0 fully saturated rings. The van der Waals surface area contributed by atoms with E-state index in [0.717, 1.165) is 27.5 Å². The summed E-state index contributed by atoms with van der Waals surface area (Å²) in [5.74, 6) is 1.32. The summed E-state index contributed by atoms with van der Waals surface area (Å²) in [5, 5.41) is 14.0. The average molecular weight is 425 g/mol. The number of hydrogen-bond acceptors (Lipinski definition) is 7. The predicted molar refractivity (Wildman–Crippen MR) is 116 cm³/mol.